The molecule has 0 spiro atoms. The quantitative estimate of drug-likeness (QED) is 0.321. The molecule has 0 bridgehead atoms. The summed E-state index contributed by atoms with van der Waals surface area (Å²) in [6, 6.07) is 21.3. The van der Waals surface area contributed by atoms with E-state index in [0.29, 0.717) is 12.4 Å². The molecule has 0 amide bonds. The first-order valence-electron chi connectivity index (χ1n) is 11.9. The summed E-state index contributed by atoms with van der Waals surface area (Å²) in [6.07, 6.45) is 2.24. The highest BCUT2D eigenvalue weighted by Crippen LogP contribution is 2.43. The summed E-state index contributed by atoms with van der Waals surface area (Å²) in [7, 11) is 1.57. The van der Waals surface area contributed by atoms with E-state index < -0.39 is 0 Å². The van der Waals surface area contributed by atoms with Gasteiger partial charge in [-0.25, -0.2) is 4.39 Å². The van der Waals surface area contributed by atoms with Gasteiger partial charge in [-0.1, -0.05) is 48.5 Å². The van der Waals surface area contributed by atoms with Crippen molar-refractivity contribution in [3.63, 3.8) is 0 Å². The number of rotatable bonds is 5. The van der Waals surface area contributed by atoms with Crippen molar-refractivity contribution in [2.24, 2.45) is 0 Å². The van der Waals surface area contributed by atoms with E-state index in [0.717, 1.165) is 50.0 Å². The van der Waals surface area contributed by atoms with Crippen LogP contribution in [0.25, 0.3) is 27.5 Å². The highest BCUT2D eigenvalue weighted by atomic mass is 19.1. The Labute approximate surface area is 206 Å². The second-order valence-corrected chi connectivity index (χ2v) is 9.75. The molecule has 4 aromatic carbocycles. The van der Waals surface area contributed by atoms with Crippen molar-refractivity contribution in [3.8, 4) is 22.6 Å². The Morgan fingerprint density at radius 3 is 2.49 bits per heavy atom. The zero-order chi connectivity index (χ0) is 24.7. The smallest absolute Gasteiger partial charge is 0.130 e. The number of anilines is 1. The number of benzene rings is 4. The van der Waals surface area contributed by atoms with Gasteiger partial charge in [-0.2, -0.15) is 0 Å². The van der Waals surface area contributed by atoms with Gasteiger partial charge in [0.05, 0.1) is 12.6 Å². The van der Waals surface area contributed by atoms with Crippen molar-refractivity contribution in [1.29, 1.82) is 0 Å². The molecule has 0 saturated heterocycles. The van der Waals surface area contributed by atoms with Crippen LogP contribution in [-0.2, 0) is 6.61 Å². The number of hydrogen-bond donors (Lipinski definition) is 1. The van der Waals surface area contributed by atoms with Crippen LogP contribution in [0.4, 0.5) is 10.1 Å². The Morgan fingerprint density at radius 1 is 0.914 bits per heavy atom. The Morgan fingerprint density at radius 2 is 1.69 bits per heavy atom. The van der Waals surface area contributed by atoms with Gasteiger partial charge in [0, 0.05) is 33.8 Å². The van der Waals surface area contributed by atoms with E-state index in [1.165, 1.54) is 17.7 Å². The summed E-state index contributed by atoms with van der Waals surface area (Å²) < 4.78 is 26.2. The van der Waals surface area contributed by atoms with E-state index in [-0.39, 0.29) is 11.4 Å². The molecule has 1 aliphatic heterocycles. The first-order valence-corrected chi connectivity index (χ1v) is 11.9. The van der Waals surface area contributed by atoms with Crippen molar-refractivity contribution >= 4 is 22.0 Å². The largest absolute Gasteiger partial charge is 0.496 e. The minimum atomic E-state index is -0.327. The maximum Gasteiger partial charge on any atom is 0.130 e. The van der Waals surface area contributed by atoms with Crippen molar-refractivity contribution in [2.45, 2.75) is 39.8 Å². The molecule has 0 unspecified atom stereocenters. The normalized spacial score (nSPS) is 14.2. The van der Waals surface area contributed by atoms with Gasteiger partial charge in [0.2, 0.25) is 0 Å². The lowest BCUT2D eigenvalue weighted by Gasteiger charge is -2.33. The molecule has 1 aliphatic rings. The number of fused-ring (bicyclic) bond motifs is 2. The summed E-state index contributed by atoms with van der Waals surface area (Å²) in [5, 5.41) is 5.87. The number of aryl methyl sites for hydroxylation is 1. The Hall–Kier alpha value is -3.79. The molecule has 0 atom stereocenters. The number of allylic oxidation sites excluding steroid dienone is 1. The van der Waals surface area contributed by atoms with Gasteiger partial charge in [0.1, 0.15) is 23.9 Å². The summed E-state index contributed by atoms with van der Waals surface area (Å²) >= 11 is 0. The van der Waals surface area contributed by atoms with E-state index in [1.54, 1.807) is 13.2 Å². The molecule has 0 aliphatic carbocycles. The summed E-state index contributed by atoms with van der Waals surface area (Å²) in [4.78, 5) is 0. The number of methoxy groups -OCH3 is 1. The minimum absolute atomic E-state index is 0.156. The average molecular weight is 468 g/mol. The maximum atomic E-state index is 14.0. The lowest BCUT2D eigenvalue weighted by molar-refractivity contribution is 0.308. The van der Waals surface area contributed by atoms with Gasteiger partial charge in [-0.15, -0.1) is 0 Å². The summed E-state index contributed by atoms with van der Waals surface area (Å²) in [5.74, 6) is 1.05. The molecular formula is C31H30FNO2. The third-order valence-electron chi connectivity index (χ3n) is 6.63. The Kier molecular flexibility index (Phi) is 5.76. The molecule has 1 N–H and O–H groups in total. The van der Waals surface area contributed by atoms with Crippen molar-refractivity contribution in [3.05, 3.63) is 95.3 Å². The van der Waals surface area contributed by atoms with Gasteiger partial charge < -0.3 is 14.8 Å². The molecule has 178 valence electrons. The predicted octanol–water partition coefficient (Wildman–Crippen LogP) is 8.15. The topological polar surface area (TPSA) is 30.5 Å². The van der Waals surface area contributed by atoms with Gasteiger partial charge in [-0.3, -0.25) is 0 Å². The molecule has 0 aromatic heterocycles. The van der Waals surface area contributed by atoms with Gasteiger partial charge in [0.25, 0.3) is 0 Å². The van der Waals surface area contributed by atoms with Crippen LogP contribution in [0.15, 0.2) is 72.8 Å². The molecular weight excluding hydrogens is 437 g/mol. The Balaban J connectivity index is 1.68. The van der Waals surface area contributed by atoms with Gasteiger partial charge in [0.15, 0.2) is 0 Å². The van der Waals surface area contributed by atoms with Crippen LogP contribution < -0.4 is 14.8 Å². The van der Waals surface area contributed by atoms with E-state index >= 15 is 0 Å². The molecule has 3 nitrogen and oxygen atoms in total. The second-order valence-electron chi connectivity index (χ2n) is 9.75. The fourth-order valence-corrected chi connectivity index (χ4v) is 5.18. The number of nitrogens with one attached hydrogen (secondary N) is 1. The van der Waals surface area contributed by atoms with E-state index in [1.807, 2.05) is 12.1 Å². The molecule has 4 aromatic rings. The zero-order valence-corrected chi connectivity index (χ0v) is 20.8. The van der Waals surface area contributed by atoms with Crippen LogP contribution in [0.3, 0.4) is 0 Å². The Bertz CT molecular complexity index is 1470. The van der Waals surface area contributed by atoms with Crippen LogP contribution in [0.2, 0.25) is 0 Å². The summed E-state index contributed by atoms with van der Waals surface area (Å²) in [6.45, 7) is 8.89. The van der Waals surface area contributed by atoms with Gasteiger partial charge in [-0.05, 0) is 68.0 Å². The zero-order valence-electron chi connectivity index (χ0n) is 20.8. The van der Waals surface area contributed by atoms with E-state index in [4.69, 9.17) is 9.47 Å². The SMILES string of the molecule is COc1cc(F)ccc1-c1ccc2c(c1COc1c(C)ccc3ccccc13)C(C)=CC(C)(C)N2. The molecule has 0 fully saturated rings. The van der Waals surface area contributed by atoms with Crippen LogP contribution >= 0.6 is 0 Å². The molecule has 5 rings (SSSR count). The van der Waals surface area contributed by atoms with E-state index in [9.17, 15) is 4.39 Å². The van der Waals surface area contributed by atoms with Crippen LogP contribution in [-0.4, -0.2) is 12.6 Å². The first kappa shape index (κ1) is 23.0. The third-order valence-corrected chi connectivity index (χ3v) is 6.63. The number of hydrogen-bond acceptors (Lipinski definition) is 3. The minimum Gasteiger partial charge on any atom is -0.496 e. The summed E-state index contributed by atoms with van der Waals surface area (Å²) in [5.41, 5.74) is 7.13. The number of ether oxygens (including phenoxy) is 2. The monoisotopic (exact) mass is 467 g/mol. The lowest BCUT2D eigenvalue weighted by atomic mass is 9.85. The fraction of sp³-hybridized carbons (Fsp3) is 0.226. The van der Waals surface area contributed by atoms with Gasteiger partial charge >= 0.3 is 0 Å². The second kappa shape index (κ2) is 8.77. The third kappa shape index (κ3) is 4.25. The van der Waals surface area contributed by atoms with Crippen LogP contribution in [0, 0.1) is 12.7 Å². The van der Waals surface area contributed by atoms with Crippen molar-refractivity contribution in [1.82, 2.24) is 0 Å². The molecule has 1 heterocycles. The van der Waals surface area contributed by atoms with Crippen LogP contribution in [0.5, 0.6) is 11.5 Å². The first-order chi connectivity index (χ1) is 16.8. The van der Waals surface area contributed by atoms with Crippen molar-refractivity contribution < 1.29 is 13.9 Å². The molecule has 0 radical (unpaired) electrons. The maximum absolute atomic E-state index is 14.0. The van der Waals surface area contributed by atoms with E-state index in [2.05, 4.69) is 75.5 Å². The average Bonchev–Trinajstić information content (AvgIpc) is 2.82. The standard InChI is InChI=1S/C31H30FNO2/c1-19-10-11-21-8-6-7-9-23(21)30(19)35-18-26-24(25-13-12-22(32)16-28(25)34-5)14-15-27-29(26)20(2)17-31(3,4)33-27/h6-17,33H,18H2,1-5H3. The molecule has 0 saturated carbocycles. The van der Waals surface area contributed by atoms with Crippen LogP contribution in [0.1, 0.15) is 37.5 Å². The number of halogens is 1. The lowest BCUT2D eigenvalue weighted by Crippen LogP contribution is -2.32. The predicted molar refractivity (Wildman–Crippen MR) is 143 cm³/mol. The fourth-order valence-electron chi connectivity index (χ4n) is 5.18. The molecule has 4 heteroatoms. The molecule has 35 heavy (non-hydrogen) atoms. The highest BCUT2D eigenvalue weighted by Gasteiger charge is 2.27. The highest BCUT2D eigenvalue weighted by molar-refractivity contribution is 5.90. The van der Waals surface area contributed by atoms with Crippen molar-refractivity contribution in [2.75, 3.05) is 12.4 Å².